The van der Waals surface area contributed by atoms with Gasteiger partial charge in [-0.25, -0.2) is 4.79 Å². The minimum Gasteiger partial charge on any atom is -0.550 e. The molecule has 18 atom stereocenters. The minimum absolute atomic E-state index is 0. The second-order valence-corrected chi connectivity index (χ2v) is 20.1. The van der Waals surface area contributed by atoms with Crippen molar-refractivity contribution in [3.05, 3.63) is 48.0 Å². The van der Waals surface area contributed by atoms with Crippen LogP contribution < -0.4 is 40.0 Å². The van der Waals surface area contributed by atoms with E-state index in [9.17, 15) is 29.7 Å². The van der Waals surface area contributed by atoms with Gasteiger partial charge in [0.1, 0.15) is 18.4 Å². The topological polar surface area (TPSA) is 182 Å². The molecule has 1 aromatic rings. The van der Waals surface area contributed by atoms with Gasteiger partial charge in [0.05, 0.1) is 47.8 Å². The van der Waals surface area contributed by atoms with E-state index in [4.69, 9.17) is 28.4 Å². The molecule has 13 nitrogen and oxygen atoms in total. The first-order valence-electron chi connectivity index (χ1n) is 24.0. The molecule has 354 valence electrons. The average molecular weight is 906 g/mol. The van der Waals surface area contributed by atoms with E-state index >= 15 is 0 Å². The van der Waals surface area contributed by atoms with Crippen molar-refractivity contribution in [1.82, 2.24) is 5.32 Å². The van der Waals surface area contributed by atoms with Gasteiger partial charge in [-0.1, -0.05) is 91.8 Å². The molecule has 64 heavy (non-hydrogen) atoms. The molecule has 1 amide bonds. The zero-order valence-electron chi connectivity index (χ0n) is 40.4. The summed E-state index contributed by atoms with van der Waals surface area (Å²) >= 11 is 0. The number of carbonyl (C=O) groups excluding carboxylic acids is 3. The smallest absolute Gasteiger partial charge is 0.550 e. The van der Waals surface area contributed by atoms with Crippen LogP contribution in [-0.2, 0) is 44.6 Å². The molecule has 6 rings (SSSR count). The Labute approximate surface area is 403 Å². The minimum atomic E-state index is -1.40. The molecule has 0 bridgehead atoms. The molecule has 2 spiro atoms. The molecule has 0 unspecified atom stereocenters. The van der Waals surface area contributed by atoms with E-state index < -0.39 is 95.1 Å². The van der Waals surface area contributed by atoms with Gasteiger partial charge in [0.25, 0.3) is 0 Å². The third-order valence-electron chi connectivity index (χ3n) is 16.0. The van der Waals surface area contributed by atoms with Crippen LogP contribution in [0, 0.1) is 41.4 Å². The van der Waals surface area contributed by atoms with Crippen molar-refractivity contribution >= 4 is 17.8 Å². The van der Waals surface area contributed by atoms with Crippen molar-refractivity contribution in [1.29, 1.82) is 0 Å². The summed E-state index contributed by atoms with van der Waals surface area (Å²) in [6.45, 7) is 19.6. The molecular formula is C50H76NNaO12. The van der Waals surface area contributed by atoms with E-state index in [1.54, 1.807) is 6.92 Å². The number of ketones is 1. The number of aliphatic hydroxyl groups excluding tert-OH is 1. The number of ether oxygens (including phenoxy) is 6. The number of aliphatic hydroxyl groups is 2. The average Bonchev–Trinajstić information content (AvgIpc) is 3.60. The third kappa shape index (κ3) is 10.8. The summed E-state index contributed by atoms with van der Waals surface area (Å²) in [6.07, 6.45) is 5.33. The first-order valence-corrected chi connectivity index (χ1v) is 24.0. The fourth-order valence-corrected chi connectivity index (χ4v) is 11.5. The Morgan fingerprint density at radius 2 is 1.59 bits per heavy atom. The van der Waals surface area contributed by atoms with Gasteiger partial charge in [-0.05, 0) is 95.1 Å². The summed E-state index contributed by atoms with van der Waals surface area (Å²) in [5.74, 6) is -6.64. The summed E-state index contributed by atoms with van der Waals surface area (Å²) in [7, 11) is 0. The summed E-state index contributed by atoms with van der Waals surface area (Å²) < 4.78 is 40.1. The molecule has 0 aliphatic carbocycles. The van der Waals surface area contributed by atoms with Gasteiger partial charge < -0.3 is 53.9 Å². The first-order chi connectivity index (χ1) is 29.8. The van der Waals surface area contributed by atoms with E-state index in [-0.39, 0.29) is 65.8 Å². The molecule has 5 aliphatic rings. The number of hydrogen-bond donors (Lipinski definition) is 3. The zero-order chi connectivity index (χ0) is 46.1. The second kappa shape index (κ2) is 21.6. The van der Waals surface area contributed by atoms with Gasteiger partial charge in [-0.15, -0.1) is 0 Å². The van der Waals surface area contributed by atoms with E-state index in [0.717, 1.165) is 12.0 Å². The molecule has 0 saturated carbocycles. The van der Waals surface area contributed by atoms with Crippen LogP contribution in [0.25, 0.3) is 0 Å². The van der Waals surface area contributed by atoms with Crippen LogP contribution in [0.15, 0.2) is 42.5 Å². The fraction of sp³-hybridized carbons (Fsp3) is 0.780. The first kappa shape index (κ1) is 53.1. The standard InChI is InChI=1S/C50H77NO12.Na/c1-11-36(45(54)55)38-20-19-29(4)43(60-38)33(8)41(52)32(7)42(53)37(12-2)44-30(5)27-31(6)49(61-44)24-21-39(51-46(56)58-28-35-17-15-14-16-18-35)50(63-49)26-25-47(10,62-50)40-22-23-48(57,13-3)34(9)59-40;/h14-18,21,24,29-34,36-41,43-44,52,57H,11-13,19-20,22-23,25-28H2,1-10H3,(H,51,56)(H,54,55);/q;+1/p-1/t29-,30-,31+,32-,33-,34-,36+,37-,38+,39-,40+,41+,43+,44-,47-,48+,49-,50-;/m0./s1. The molecule has 0 aromatic heterocycles. The Morgan fingerprint density at radius 1 is 0.906 bits per heavy atom. The zero-order valence-corrected chi connectivity index (χ0v) is 42.4. The number of aliphatic carboxylic acids is 1. The van der Waals surface area contributed by atoms with E-state index in [1.165, 1.54) is 0 Å². The van der Waals surface area contributed by atoms with E-state index in [0.29, 0.717) is 57.8 Å². The number of benzene rings is 1. The number of alkyl carbamates (subject to hydrolysis) is 1. The number of rotatable bonds is 15. The Balaban J connectivity index is 0.00000771. The molecule has 0 radical (unpaired) electrons. The van der Waals surface area contributed by atoms with Gasteiger partial charge in [0, 0.05) is 42.0 Å². The number of Topliss-reactive ketones (excluding diaryl/α,β-unsaturated/α-hetero) is 1. The molecule has 3 N–H and O–H groups in total. The van der Waals surface area contributed by atoms with Crippen molar-refractivity contribution < 1.29 is 87.7 Å². The largest absolute Gasteiger partial charge is 1.00 e. The number of carbonyl (C=O) groups is 3. The van der Waals surface area contributed by atoms with Crippen molar-refractivity contribution in [3.63, 3.8) is 0 Å². The SMILES string of the molecule is CC[C@@H](C(=O)[C@@H](C)[C@@H](O)[C@H](C)[C@@H]1O[C@@H]([C@@H](CC)C(=O)[O-])CC[C@@H]1C)[C@H]1O[C@]2(C=C[C@H](NC(=O)OCc3ccccc3)[C@]3(CC[C@@](C)([C@H]4CC[C@](O)(CC)[C@H](C)O4)O3)O2)[C@H](C)C[C@@H]1C.[Na+]. The van der Waals surface area contributed by atoms with Gasteiger partial charge in [0.15, 0.2) is 11.6 Å². The summed E-state index contributed by atoms with van der Waals surface area (Å²) in [6, 6.07) is 8.68. The van der Waals surface area contributed by atoms with E-state index in [2.05, 4.69) is 19.2 Å². The number of hydrogen-bond acceptors (Lipinski definition) is 12. The van der Waals surface area contributed by atoms with Gasteiger partial charge in [0.2, 0.25) is 0 Å². The number of carboxylic acids is 1. The van der Waals surface area contributed by atoms with E-state index in [1.807, 2.05) is 91.0 Å². The summed E-state index contributed by atoms with van der Waals surface area (Å²) in [5.41, 5.74) is -0.912. The molecule has 4 fully saturated rings. The van der Waals surface area contributed by atoms with Crippen LogP contribution in [0.3, 0.4) is 0 Å². The van der Waals surface area contributed by atoms with Crippen LogP contribution in [0.1, 0.15) is 139 Å². The summed E-state index contributed by atoms with van der Waals surface area (Å²) in [4.78, 5) is 40.1. The molecule has 5 aliphatic heterocycles. The maximum Gasteiger partial charge on any atom is 1.00 e. The van der Waals surface area contributed by atoms with Gasteiger partial charge in [-0.2, -0.15) is 0 Å². The monoisotopic (exact) mass is 906 g/mol. The van der Waals surface area contributed by atoms with Gasteiger partial charge in [-0.3, -0.25) is 4.79 Å². The third-order valence-corrected chi connectivity index (χ3v) is 16.0. The quantitative estimate of drug-likeness (QED) is 0.172. The van der Waals surface area contributed by atoms with Crippen LogP contribution in [0.2, 0.25) is 0 Å². The van der Waals surface area contributed by atoms with Crippen molar-refractivity contribution in [3.8, 4) is 0 Å². The molecule has 14 heteroatoms. The Hall–Kier alpha value is -1.91. The Morgan fingerprint density at radius 3 is 2.22 bits per heavy atom. The predicted octanol–water partition coefficient (Wildman–Crippen LogP) is 3.79. The maximum atomic E-state index is 14.7. The maximum absolute atomic E-state index is 14.7. The number of carboxylic acid groups (broad SMARTS) is 1. The Kier molecular flexibility index (Phi) is 17.9. The van der Waals surface area contributed by atoms with Crippen LogP contribution in [0.5, 0.6) is 0 Å². The Bertz CT molecular complexity index is 1770. The predicted molar refractivity (Wildman–Crippen MR) is 234 cm³/mol. The number of amides is 1. The molecule has 4 saturated heterocycles. The van der Waals surface area contributed by atoms with Crippen LogP contribution >= 0.6 is 0 Å². The molecule has 5 heterocycles. The number of nitrogens with one attached hydrogen (secondary N) is 1. The molecular weight excluding hydrogens is 830 g/mol. The van der Waals surface area contributed by atoms with Crippen LogP contribution in [0.4, 0.5) is 4.79 Å². The van der Waals surface area contributed by atoms with Gasteiger partial charge >= 0.3 is 35.7 Å². The van der Waals surface area contributed by atoms with Crippen LogP contribution in [-0.4, -0.2) is 93.5 Å². The normalized spacial score (nSPS) is 39.8. The summed E-state index contributed by atoms with van der Waals surface area (Å²) in [5, 5.41) is 38.1. The fourth-order valence-electron chi connectivity index (χ4n) is 11.5. The van der Waals surface area contributed by atoms with Crippen molar-refractivity contribution in [2.24, 2.45) is 41.4 Å². The van der Waals surface area contributed by atoms with Crippen molar-refractivity contribution in [2.45, 2.75) is 205 Å². The van der Waals surface area contributed by atoms with Crippen molar-refractivity contribution in [2.75, 3.05) is 0 Å². The molecule has 1 aromatic carbocycles. The second-order valence-electron chi connectivity index (χ2n) is 20.1.